The third-order valence-corrected chi connectivity index (χ3v) is 3.27. The largest absolute Gasteiger partial charge is 0.461 e. The Balaban J connectivity index is 2.69. The van der Waals surface area contributed by atoms with Crippen LogP contribution in [0.15, 0.2) is 23.0 Å². The molecule has 0 bridgehead atoms. The van der Waals surface area contributed by atoms with Gasteiger partial charge in [0, 0.05) is 0 Å². The Bertz CT molecular complexity index is 249. The first-order valence-electron chi connectivity index (χ1n) is 3.77. The molecule has 0 aromatic carbocycles. The second-order valence-corrected chi connectivity index (χ2v) is 4.32. The standard InChI is InChI=1S/C8H10F2O2S/c1-2-12-7(11)8(9,10)13-5-3-4-6-13/h3-6,13H,2H2,1H3. The zero-order valence-corrected chi connectivity index (χ0v) is 7.93. The zero-order valence-electron chi connectivity index (χ0n) is 7.04. The van der Waals surface area contributed by atoms with Gasteiger partial charge in [0.25, 0.3) is 0 Å². The summed E-state index contributed by atoms with van der Waals surface area (Å²) in [7, 11) is -1.81. The van der Waals surface area contributed by atoms with Crippen LogP contribution in [0.3, 0.4) is 0 Å². The van der Waals surface area contributed by atoms with Crippen LogP contribution in [0.1, 0.15) is 6.92 Å². The summed E-state index contributed by atoms with van der Waals surface area (Å²) in [4.78, 5) is 10.8. The lowest BCUT2D eigenvalue weighted by Gasteiger charge is -2.21. The molecular formula is C8H10F2O2S. The van der Waals surface area contributed by atoms with Crippen LogP contribution in [-0.2, 0) is 9.53 Å². The highest BCUT2D eigenvalue weighted by Gasteiger charge is 2.44. The number of hydrogen-bond donors (Lipinski definition) is 1. The fourth-order valence-electron chi connectivity index (χ4n) is 0.845. The number of alkyl halides is 2. The topological polar surface area (TPSA) is 26.3 Å². The summed E-state index contributed by atoms with van der Waals surface area (Å²) in [5.41, 5.74) is 0. The molecule has 0 aliphatic carbocycles. The molecule has 0 spiro atoms. The third-order valence-electron chi connectivity index (χ3n) is 1.45. The van der Waals surface area contributed by atoms with Crippen molar-refractivity contribution in [3.8, 4) is 0 Å². The fraction of sp³-hybridized carbons (Fsp3) is 0.375. The van der Waals surface area contributed by atoms with Crippen molar-refractivity contribution in [1.82, 2.24) is 0 Å². The molecule has 1 heterocycles. The smallest absolute Gasteiger partial charge is 0.387 e. The molecule has 0 aromatic heterocycles. The van der Waals surface area contributed by atoms with E-state index in [1.807, 2.05) is 0 Å². The van der Waals surface area contributed by atoms with Gasteiger partial charge in [-0.25, -0.2) is 4.79 Å². The Kier molecular flexibility index (Phi) is 3.08. The van der Waals surface area contributed by atoms with Crippen molar-refractivity contribution >= 4 is 16.9 Å². The minimum absolute atomic E-state index is 0.0228. The number of carbonyl (C=O) groups excluding carboxylic acids is 1. The Labute approximate surface area is 77.6 Å². The van der Waals surface area contributed by atoms with Crippen molar-refractivity contribution in [3.63, 3.8) is 0 Å². The molecule has 0 saturated carbocycles. The highest BCUT2D eigenvalue weighted by molar-refractivity contribution is 8.23. The fourth-order valence-corrected chi connectivity index (χ4v) is 2.16. The number of rotatable bonds is 3. The number of allylic oxidation sites excluding steroid dienone is 2. The molecule has 0 N–H and O–H groups in total. The summed E-state index contributed by atoms with van der Waals surface area (Å²) < 4.78 is 30.6. The van der Waals surface area contributed by atoms with Gasteiger partial charge in [0.15, 0.2) is 0 Å². The lowest BCUT2D eigenvalue weighted by molar-refractivity contribution is -0.159. The van der Waals surface area contributed by atoms with Gasteiger partial charge in [-0.3, -0.25) is 0 Å². The Morgan fingerprint density at radius 1 is 1.46 bits per heavy atom. The number of hydrogen-bond acceptors (Lipinski definition) is 2. The van der Waals surface area contributed by atoms with Gasteiger partial charge in [0.2, 0.25) is 0 Å². The lowest BCUT2D eigenvalue weighted by atomic mass is 10.6. The van der Waals surface area contributed by atoms with Crippen LogP contribution in [0.5, 0.6) is 0 Å². The second kappa shape index (κ2) is 3.91. The van der Waals surface area contributed by atoms with Gasteiger partial charge >= 0.3 is 11.2 Å². The molecule has 1 aliphatic rings. The van der Waals surface area contributed by atoms with Crippen LogP contribution in [0.25, 0.3) is 0 Å². The first-order chi connectivity index (χ1) is 6.09. The first-order valence-corrected chi connectivity index (χ1v) is 5.25. The zero-order chi connectivity index (χ0) is 9.90. The summed E-state index contributed by atoms with van der Waals surface area (Å²) in [5, 5.41) is -0.701. The summed E-state index contributed by atoms with van der Waals surface area (Å²) in [5.74, 6) is -1.43. The van der Waals surface area contributed by atoms with E-state index in [2.05, 4.69) is 4.74 Å². The highest BCUT2D eigenvalue weighted by atomic mass is 32.2. The van der Waals surface area contributed by atoms with Gasteiger partial charge < -0.3 is 4.74 Å². The van der Waals surface area contributed by atoms with Crippen molar-refractivity contribution in [1.29, 1.82) is 0 Å². The van der Waals surface area contributed by atoms with E-state index in [1.165, 1.54) is 29.9 Å². The van der Waals surface area contributed by atoms with Crippen LogP contribution in [0.4, 0.5) is 8.78 Å². The Morgan fingerprint density at radius 2 is 2.00 bits per heavy atom. The van der Waals surface area contributed by atoms with Crippen LogP contribution in [0, 0.1) is 0 Å². The number of thiol groups is 1. The van der Waals surface area contributed by atoms with Crippen molar-refractivity contribution in [2.75, 3.05) is 6.61 Å². The van der Waals surface area contributed by atoms with Crippen LogP contribution in [0.2, 0.25) is 0 Å². The van der Waals surface area contributed by atoms with Crippen LogP contribution < -0.4 is 0 Å². The van der Waals surface area contributed by atoms with E-state index >= 15 is 0 Å². The number of carbonyl (C=O) groups is 1. The maximum atomic E-state index is 13.2. The van der Waals surface area contributed by atoms with E-state index < -0.39 is 22.1 Å². The van der Waals surface area contributed by atoms with Gasteiger partial charge in [-0.1, -0.05) is 12.2 Å². The summed E-state index contributed by atoms with van der Waals surface area (Å²) in [6, 6.07) is 0. The molecule has 74 valence electrons. The maximum absolute atomic E-state index is 13.2. The van der Waals surface area contributed by atoms with E-state index in [0.29, 0.717) is 0 Å². The molecule has 2 nitrogen and oxygen atoms in total. The van der Waals surface area contributed by atoms with Crippen LogP contribution in [-0.4, -0.2) is 17.8 Å². The van der Waals surface area contributed by atoms with Gasteiger partial charge in [0.05, 0.1) is 6.61 Å². The third kappa shape index (κ3) is 2.09. The highest BCUT2D eigenvalue weighted by Crippen LogP contribution is 2.49. The van der Waals surface area contributed by atoms with Crippen molar-refractivity contribution in [2.45, 2.75) is 12.2 Å². The Morgan fingerprint density at radius 3 is 2.46 bits per heavy atom. The normalized spacial score (nSPS) is 17.9. The molecule has 5 heteroatoms. The van der Waals surface area contributed by atoms with Crippen molar-refractivity contribution < 1.29 is 18.3 Å². The van der Waals surface area contributed by atoms with E-state index in [0.717, 1.165) is 0 Å². The molecule has 0 unspecified atom stereocenters. The van der Waals surface area contributed by atoms with Crippen LogP contribution >= 0.6 is 10.9 Å². The van der Waals surface area contributed by atoms with Gasteiger partial charge in [-0.2, -0.15) is 8.78 Å². The molecule has 0 aromatic rings. The lowest BCUT2D eigenvalue weighted by Crippen LogP contribution is -2.29. The number of esters is 1. The summed E-state index contributed by atoms with van der Waals surface area (Å²) in [6.07, 6.45) is 3.03. The van der Waals surface area contributed by atoms with E-state index in [9.17, 15) is 13.6 Å². The molecule has 0 amide bonds. The molecule has 1 aliphatic heterocycles. The quantitative estimate of drug-likeness (QED) is 0.568. The molecule has 0 fully saturated rings. The van der Waals surface area contributed by atoms with Gasteiger partial charge in [-0.15, -0.1) is 10.9 Å². The average Bonchev–Trinajstić information content (AvgIpc) is 2.56. The predicted octanol–water partition coefficient (Wildman–Crippen LogP) is 2.18. The second-order valence-electron chi connectivity index (χ2n) is 2.35. The molecule has 0 saturated heterocycles. The van der Waals surface area contributed by atoms with Gasteiger partial charge in [0.1, 0.15) is 0 Å². The van der Waals surface area contributed by atoms with Gasteiger partial charge in [-0.05, 0) is 17.7 Å². The predicted molar refractivity (Wildman–Crippen MR) is 48.8 cm³/mol. The molecule has 13 heavy (non-hydrogen) atoms. The number of halogens is 2. The average molecular weight is 208 g/mol. The SMILES string of the molecule is CCOC(=O)C(F)(F)[SH]1C=CC=C1. The molecule has 0 atom stereocenters. The minimum Gasteiger partial charge on any atom is -0.461 e. The Hall–Kier alpha value is -0.840. The van der Waals surface area contributed by atoms with E-state index in [-0.39, 0.29) is 6.61 Å². The number of ether oxygens (including phenoxy) is 1. The molecule has 0 radical (unpaired) electrons. The summed E-state index contributed by atoms with van der Waals surface area (Å²) in [6.45, 7) is 1.48. The van der Waals surface area contributed by atoms with E-state index in [1.54, 1.807) is 0 Å². The van der Waals surface area contributed by atoms with Crippen molar-refractivity contribution in [2.24, 2.45) is 0 Å². The van der Waals surface area contributed by atoms with E-state index in [4.69, 9.17) is 0 Å². The molecule has 1 rings (SSSR count). The minimum atomic E-state index is -3.38. The first kappa shape index (κ1) is 10.2. The maximum Gasteiger partial charge on any atom is 0.387 e. The monoisotopic (exact) mass is 208 g/mol. The van der Waals surface area contributed by atoms with Crippen molar-refractivity contribution in [3.05, 3.63) is 23.0 Å². The molecular weight excluding hydrogens is 198 g/mol. The summed E-state index contributed by atoms with van der Waals surface area (Å²) >= 11 is 0.